The molecule has 0 saturated carbocycles. The van der Waals surface area contributed by atoms with E-state index >= 15 is 0 Å². The molecule has 2 aromatic rings. The zero-order valence-electron chi connectivity index (χ0n) is 12.1. The van der Waals surface area contributed by atoms with Gasteiger partial charge in [-0.05, 0) is 12.1 Å². The molecule has 0 unspecified atom stereocenters. The Kier molecular flexibility index (Phi) is 4.62. The number of hydrogen-bond donors (Lipinski definition) is 1. The number of rotatable bonds is 5. The summed E-state index contributed by atoms with van der Waals surface area (Å²) in [5.41, 5.74) is 1.32. The second-order valence-corrected chi connectivity index (χ2v) is 7.12. The van der Waals surface area contributed by atoms with Crippen molar-refractivity contribution in [3.8, 4) is 0 Å². The van der Waals surface area contributed by atoms with Crippen LogP contribution in [0, 0.1) is 0 Å². The van der Waals surface area contributed by atoms with E-state index in [2.05, 4.69) is 19.4 Å². The Bertz CT molecular complexity index is 769. The summed E-state index contributed by atoms with van der Waals surface area (Å²) < 4.78 is 31.4. The van der Waals surface area contributed by atoms with E-state index < -0.39 is 16.0 Å². The summed E-state index contributed by atoms with van der Waals surface area (Å²) in [5.74, 6) is -0.112. The van der Waals surface area contributed by atoms with Gasteiger partial charge in [-0.15, -0.1) is 11.3 Å². The number of pyridine rings is 1. The minimum absolute atomic E-state index is 0.198. The second-order valence-electron chi connectivity index (χ2n) is 4.39. The van der Waals surface area contributed by atoms with E-state index in [0.29, 0.717) is 5.82 Å². The van der Waals surface area contributed by atoms with E-state index in [1.54, 1.807) is 17.0 Å². The van der Waals surface area contributed by atoms with Crippen LogP contribution in [-0.2, 0) is 14.8 Å². The Hall–Kier alpha value is -2.20. The first kappa shape index (κ1) is 16.2. The van der Waals surface area contributed by atoms with Crippen molar-refractivity contribution in [3.05, 3.63) is 29.5 Å². The molecule has 2 rings (SSSR count). The van der Waals surface area contributed by atoms with Gasteiger partial charge in [0.15, 0.2) is 9.90 Å². The van der Waals surface area contributed by atoms with Crippen LogP contribution in [0.4, 0.5) is 11.5 Å². The van der Waals surface area contributed by atoms with Crippen molar-refractivity contribution in [3.63, 3.8) is 0 Å². The van der Waals surface area contributed by atoms with Gasteiger partial charge in [0.1, 0.15) is 5.82 Å². The van der Waals surface area contributed by atoms with Crippen LogP contribution in [0.5, 0.6) is 0 Å². The highest BCUT2D eigenvalue weighted by Gasteiger charge is 2.26. The van der Waals surface area contributed by atoms with Crippen LogP contribution < -0.4 is 9.62 Å². The van der Waals surface area contributed by atoms with Gasteiger partial charge in [-0.3, -0.25) is 4.72 Å². The Morgan fingerprint density at radius 2 is 2.05 bits per heavy atom. The average molecular weight is 342 g/mol. The lowest BCUT2D eigenvalue weighted by atomic mass is 10.4. The topological polar surface area (TPSA) is 101 Å². The molecule has 0 radical (unpaired) electrons. The van der Waals surface area contributed by atoms with E-state index in [9.17, 15) is 13.2 Å². The van der Waals surface area contributed by atoms with Crippen molar-refractivity contribution >= 4 is 38.8 Å². The highest BCUT2D eigenvalue weighted by Crippen LogP contribution is 2.24. The third kappa shape index (κ3) is 3.34. The summed E-state index contributed by atoms with van der Waals surface area (Å²) in [6, 6.07) is 3.25. The summed E-state index contributed by atoms with van der Waals surface area (Å²) in [4.78, 5) is 21.2. The number of hydrogen-bond acceptors (Lipinski definition) is 8. The van der Waals surface area contributed by atoms with Crippen LogP contribution in [0.25, 0.3) is 0 Å². The molecular weight excluding hydrogens is 328 g/mol. The molecule has 22 heavy (non-hydrogen) atoms. The third-order valence-corrected chi connectivity index (χ3v) is 5.37. The molecule has 2 heterocycles. The van der Waals surface area contributed by atoms with Crippen molar-refractivity contribution in [2.24, 2.45) is 0 Å². The number of esters is 1. The molecule has 0 atom stereocenters. The highest BCUT2D eigenvalue weighted by atomic mass is 32.2. The first-order chi connectivity index (χ1) is 10.3. The molecule has 10 heteroatoms. The fraction of sp³-hybridized carbons (Fsp3) is 0.250. The van der Waals surface area contributed by atoms with E-state index in [1.165, 1.54) is 11.7 Å². The predicted molar refractivity (Wildman–Crippen MR) is 82.8 cm³/mol. The molecule has 0 aliphatic rings. The number of nitrogens with one attached hydrogen (secondary N) is 1. The van der Waals surface area contributed by atoms with Gasteiger partial charge in [0.25, 0.3) is 10.0 Å². The predicted octanol–water partition coefficient (Wildman–Crippen LogP) is 1.19. The normalized spacial score (nSPS) is 11.0. The summed E-state index contributed by atoms with van der Waals surface area (Å²) >= 11 is 0.836. The largest absolute Gasteiger partial charge is 0.464 e. The van der Waals surface area contributed by atoms with Crippen LogP contribution >= 0.6 is 11.3 Å². The molecule has 0 fully saturated rings. The molecule has 0 aliphatic carbocycles. The van der Waals surface area contributed by atoms with Crippen molar-refractivity contribution in [2.45, 2.75) is 4.21 Å². The smallest absolute Gasteiger partial charge is 0.358 e. The first-order valence-corrected chi connectivity index (χ1v) is 8.39. The van der Waals surface area contributed by atoms with Crippen molar-refractivity contribution in [2.75, 3.05) is 30.8 Å². The fourth-order valence-electron chi connectivity index (χ4n) is 1.57. The summed E-state index contributed by atoms with van der Waals surface area (Å²) in [6.07, 6.45) is 1.39. The van der Waals surface area contributed by atoms with Crippen LogP contribution in [0.1, 0.15) is 10.5 Å². The highest BCUT2D eigenvalue weighted by molar-refractivity contribution is 7.94. The van der Waals surface area contributed by atoms with Gasteiger partial charge >= 0.3 is 5.97 Å². The fourth-order valence-corrected chi connectivity index (χ4v) is 3.75. The molecule has 8 nitrogen and oxygen atoms in total. The van der Waals surface area contributed by atoms with Gasteiger partial charge < -0.3 is 9.64 Å². The quantitative estimate of drug-likeness (QED) is 0.814. The Labute approximate surface area is 131 Å². The summed E-state index contributed by atoms with van der Waals surface area (Å²) in [6.45, 7) is 0. The molecule has 0 aliphatic heterocycles. The Morgan fingerprint density at radius 1 is 1.32 bits per heavy atom. The number of methoxy groups -OCH3 is 1. The number of nitrogens with zero attached hydrogens (tertiary/aromatic N) is 3. The monoisotopic (exact) mass is 342 g/mol. The van der Waals surface area contributed by atoms with Gasteiger partial charge in [-0.1, -0.05) is 0 Å². The number of thiazole rings is 1. The number of anilines is 2. The minimum Gasteiger partial charge on any atom is -0.464 e. The van der Waals surface area contributed by atoms with Gasteiger partial charge in [-0.2, -0.15) is 0 Å². The number of ether oxygens (including phenoxy) is 1. The van der Waals surface area contributed by atoms with E-state index in [1.807, 2.05) is 14.1 Å². The summed E-state index contributed by atoms with van der Waals surface area (Å²) in [7, 11) is 0.876. The van der Waals surface area contributed by atoms with Crippen molar-refractivity contribution in [1.29, 1.82) is 0 Å². The lowest BCUT2D eigenvalue weighted by molar-refractivity contribution is 0.0590. The minimum atomic E-state index is -3.94. The number of sulfonamides is 1. The Balaban J connectivity index is 2.28. The molecule has 1 N–H and O–H groups in total. The molecule has 0 spiro atoms. The zero-order chi connectivity index (χ0) is 16.3. The van der Waals surface area contributed by atoms with Gasteiger partial charge in [-0.25, -0.2) is 23.2 Å². The van der Waals surface area contributed by atoms with E-state index in [0.717, 1.165) is 18.4 Å². The summed E-state index contributed by atoms with van der Waals surface area (Å²) in [5, 5.41) is 0. The maximum atomic E-state index is 12.3. The van der Waals surface area contributed by atoms with Crippen LogP contribution in [0.2, 0.25) is 0 Å². The van der Waals surface area contributed by atoms with Crippen LogP contribution in [0.15, 0.2) is 28.0 Å². The van der Waals surface area contributed by atoms with E-state index in [4.69, 9.17) is 0 Å². The lowest BCUT2D eigenvalue weighted by Gasteiger charge is -2.12. The lowest BCUT2D eigenvalue weighted by Crippen LogP contribution is -2.16. The zero-order valence-corrected chi connectivity index (χ0v) is 13.7. The third-order valence-electron chi connectivity index (χ3n) is 2.62. The molecule has 0 bridgehead atoms. The molecule has 118 valence electrons. The molecule has 0 saturated heterocycles. The van der Waals surface area contributed by atoms with Crippen LogP contribution in [-0.4, -0.2) is 45.6 Å². The number of carbonyl (C=O) groups is 1. The van der Waals surface area contributed by atoms with Gasteiger partial charge in [0.05, 0.1) is 24.5 Å². The molecular formula is C12H14N4O4S2. The first-order valence-electron chi connectivity index (χ1n) is 6.03. The van der Waals surface area contributed by atoms with Crippen molar-refractivity contribution in [1.82, 2.24) is 9.97 Å². The van der Waals surface area contributed by atoms with Gasteiger partial charge in [0, 0.05) is 14.1 Å². The standard InChI is InChI=1S/C12H14N4O4S2/c1-16(2)9-5-4-8(6-13-9)15-22(18,19)12-10(11(17)20-3)14-7-21-12/h4-7,15H,1-3H3. The molecule has 0 amide bonds. The van der Waals surface area contributed by atoms with E-state index in [-0.39, 0.29) is 15.6 Å². The van der Waals surface area contributed by atoms with Crippen LogP contribution in [0.3, 0.4) is 0 Å². The number of aromatic nitrogens is 2. The van der Waals surface area contributed by atoms with Crippen molar-refractivity contribution < 1.29 is 17.9 Å². The Morgan fingerprint density at radius 3 is 2.59 bits per heavy atom. The second kappa shape index (κ2) is 6.28. The maximum Gasteiger partial charge on any atom is 0.358 e. The SMILES string of the molecule is COC(=O)c1ncsc1S(=O)(=O)Nc1ccc(N(C)C)nc1. The molecule has 0 aromatic carbocycles. The average Bonchev–Trinajstić information content (AvgIpc) is 2.97. The molecule has 2 aromatic heterocycles. The maximum absolute atomic E-state index is 12.3. The number of carbonyl (C=O) groups excluding carboxylic acids is 1. The van der Waals surface area contributed by atoms with Gasteiger partial charge in [0.2, 0.25) is 0 Å².